The van der Waals surface area contributed by atoms with Crippen LogP contribution in [0, 0.1) is 18.8 Å². The van der Waals surface area contributed by atoms with Crippen molar-refractivity contribution >= 4 is 5.95 Å². The van der Waals surface area contributed by atoms with Gasteiger partial charge in [0.1, 0.15) is 0 Å². The van der Waals surface area contributed by atoms with Crippen LogP contribution in [0.3, 0.4) is 0 Å². The summed E-state index contributed by atoms with van der Waals surface area (Å²) in [7, 11) is 0. The molecule has 3 unspecified atom stereocenters. The van der Waals surface area contributed by atoms with Gasteiger partial charge in [-0.25, -0.2) is 9.97 Å². The van der Waals surface area contributed by atoms with Crippen molar-refractivity contribution in [3.63, 3.8) is 0 Å². The maximum atomic E-state index is 6.22. The Kier molecular flexibility index (Phi) is 2.74. The summed E-state index contributed by atoms with van der Waals surface area (Å²) in [5.41, 5.74) is 7.26. The lowest BCUT2D eigenvalue weighted by Crippen LogP contribution is -2.38. The summed E-state index contributed by atoms with van der Waals surface area (Å²) >= 11 is 0. The molecule has 1 saturated heterocycles. The number of fused-ring (bicyclic) bond motifs is 1. The summed E-state index contributed by atoms with van der Waals surface area (Å²) < 4.78 is 0. The summed E-state index contributed by atoms with van der Waals surface area (Å²) in [5.74, 6) is 2.28. The van der Waals surface area contributed by atoms with Gasteiger partial charge in [0.15, 0.2) is 0 Å². The van der Waals surface area contributed by atoms with Gasteiger partial charge in [-0.3, -0.25) is 0 Å². The number of hydrogen-bond donors (Lipinski definition) is 1. The molecule has 1 aliphatic carbocycles. The van der Waals surface area contributed by atoms with Crippen LogP contribution in [-0.2, 0) is 0 Å². The van der Waals surface area contributed by atoms with Gasteiger partial charge >= 0.3 is 0 Å². The van der Waals surface area contributed by atoms with Gasteiger partial charge in [0, 0.05) is 31.0 Å². The van der Waals surface area contributed by atoms with E-state index in [2.05, 4.69) is 14.9 Å². The molecule has 4 heteroatoms. The molecule has 0 radical (unpaired) electrons. The first-order chi connectivity index (χ1) is 8.24. The zero-order valence-electron chi connectivity index (χ0n) is 10.3. The lowest BCUT2D eigenvalue weighted by Gasteiger charge is -2.29. The minimum Gasteiger partial charge on any atom is -0.340 e. The monoisotopic (exact) mass is 232 g/mol. The van der Waals surface area contributed by atoms with E-state index in [4.69, 9.17) is 5.73 Å². The second-order valence-electron chi connectivity index (χ2n) is 5.42. The Balaban J connectivity index is 1.79. The smallest absolute Gasteiger partial charge is 0.225 e. The minimum absolute atomic E-state index is 0.378. The summed E-state index contributed by atoms with van der Waals surface area (Å²) in [6, 6.07) is 2.32. The van der Waals surface area contributed by atoms with Crippen LogP contribution in [0.25, 0.3) is 0 Å². The van der Waals surface area contributed by atoms with Crippen LogP contribution in [0.2, 0.25) is 0 Å². The molecule has 1 aromatic rings. The SMILES string of the molecule is Cc1ccnc(N2CC3CCCC(N)C3C2)n1. The molecular weight excluding hydrogens is 212 g/mol. The fourth-order valence-corrected chi connectivity index (χ4v) is 3.27. The Morgan fingerprint density at radius 1 is 1.35 bits per heavy atom. The molecule has 2 heterocycles. The third-order valence-electron chi connectivity index (χ3n) is 4.22. The van der Waals surface area contributed by atoms with Crippen molar-refractivity contribution in [3.05, 3.63) is 18.0 Å². The van der Waals surface area contributed by atoms with Crippen molar-refractivity contribution < 1.29 is 0 Å². The molecule has 1 aromatic heterocycles. The van der Waals surface area contributed by atoms with Gasteiger partial charge in [0.25, 0.3) is 0 Å². The fourth-order valence-electron chi connectivity index (χ4n) is 3.27. The Morgan fingerprint density at radius 2 is 2.24 bits per heavy atom. The van der Waals surface area contributed by atoms with Gasteiger partial charge in [-0.1, -0.05) is 6.42 Å². The van der Waals surface area contributed by atoms with Gasteiger partial charge in [0.05, 0.1) is 0 Å². The third-order valence-corrected chi connectivity index (χ3v) is 4.22. The zero-order chi connectivity index (χ0) is 11.8. The standard InChI is InChI=1S/C13H20N4/c1-9-5-6-15-13(16-9)17-7-10-3-2-4-12(14)11(10)8-17/h5-6,10-12H,2-4,7-8,14H2,1H3. The number of rotatable bonds is 1. The number of aromatic nitrogens is 2. The molecule has 1 aliphatic heterocycles. The first-order valence-electron chi connectivity index (χ1n) is 6.54. The van der Waals surface area contributed by atoms with E-state index in [-0.39, 0.29) is 0 Å². The van der Waals surface area contributed by atoms with Crippen LogP contribution in [0.15, 0.2) is 12.3 Å². The topological polar surface area (TPSA) is 55.0 Å². The van der Waals surface area contributed by atoms with Crippen molar-refractivity contribution in [2.45, 2.75) is 32.2 Å². The van der Waals surface area contributed by atoms with Crippen LogP contribution in [0.5, 0.6) is 0 Å². The Morgan fingerprint density at radius 3 is 3.00 bits per heavy atom. The van der Waals surface area contributed by atoms with Crippen molar-refractivity contribution in [2.24, 2.45) is 17.6 Å². The Labute approximate surface area is 102 Å². The van der Waals surface area contributed by atoms with Gasteiger partial charge in [-0.15, -0.1) is 0 Å². The van der Waals surface area contributed by atoms with Crippen LogP contribution in [-0.4, -0.2) is 29.1 Å². The van der Waals surface area contributed by atoms with Crippen molar-refractivity contribution in [2.75, 3.05) is 18.0 Å². The van der Waals surface area contributed by atoms with E-state index in [1.54, 1.807) is 0 Å². The first-order valence-corrected chi connectivity index (χ1v) is 6.54. The highest BCUT2D eigenvalue weighted by molar-refractivity contribution is 5.33. The predicted molar refractivity (Wildman–Crippen MR) is 67.8 cm³/mol. The molecule has 4 nitrogen and oxygen atoms in total. The molecule has 0 amide bonds. The van der Waals surface area contributed by atoms with Crippen molar-refractivity contribution in [1.29, 1.82) is 0 Å². The third kappa shape index (κ3) is 2.02. The summed E-state index contributed by atoms with van der Waals surface area (Å²) in [6.07, 6.45) is 5.63. The Hall–Kier alpha value is -1.16. The molecule has 3 rings (SSSR count). The highest BCUT2D eigenvalue weighted by Gasteiger charge is 2.39. The van der Waals surface area contributed by atoms with Crippen LogP contribution in [0.1, 0.15) is 25.0 Å². The molecule has 92 valence electrons. The minimum atomic E-state index is 0.378. The van der Waals surface area contributed by atoms with Gasteiger partial charge < -0.3 is 10.6 Å². The van der Waals surface area contributed by atoms with Crippen LogP contribution >= 0.6 is 0 Å². The van der Waals surface area contributed by atoms with Crippen LogP contribution < -0.4 is 10.6 Å². The lowest BCUT2D eigenvalue weighted by molar-refractivity contribution is 0.260. The summed E-state index contributed by atoms with van der Waals surface area (Å²) in [4.78, 5) is 11.2. The average molecular weight is 232 g/mol. The molecule has 3 atom stereocenters. The second kappa shape index (κ2) is 4.26. The first kappa shape index (κ1) is 11.0. The van der Waals surface area contributed by atoms with Crippen LogP contribution in [0.4, 0.5) is 5.95 Å². The zero-order valence-corrected chi connectivity index (χ0v) is 10.3. The van der Waals surface area contributed by atoms with E-state index in [0.717, 1.165) is 30.6 Å². The second-order valence-corrected chi connectivity index (χ2v) is 5.42. The van der Waals surface area contributed by atoms with Gasteiger partial charge in [-0.2, -0.15) is 0 Å². The highest BCUT2D eigenvalue weighted by atomic mass is 15.3. The van der Waals surface area contributed by atoms with E-state index in [0.29, 0.717) is 12.0 Å². The molecule has 2 aliphatic rings. The number of nitrogens with zero attached hydrogens (tertiary/aromatic N) is 3. The van der Waals surface area contributed by atoms with Gasteiger partial charge in [-0.05, 0) is 37.7 Å². The Bertz CT molecular complexity index is 406. The van der Waals surface area contributed by atoms with Crippen molar-refractivity contribution in [3.8, 4) is 0 Å². The lowest BCUT2D eigenvalue weighted by atomic mass is 9.78. The van der Waals surface area contributed by atoms with Gasteiger partial charge in [0.2, 0.25) is 5.95 Å². The van der Waals surface area contributed by atoms with Crippen molar-refractivity contribution in [1.82, 2.24) is 9.97 Å². The molecule has 0 aromatic carbocycles. The number of anilines is 1. The van der Waals surface area contributed by atoms with E-state index in [1.165, 1.54) is 19.3 Å². The average Bonchev–Trinajstić information content (AvgIpc) is 2.74. The van der Waals surface area contributed by atoms with E-state index in [9.17, 15) is 0 Å². The normalized spacial score (nSPS) is 32.6. The number of nitrogens with two attached hydrogens (primary N) is 1. The molecule has 1 saturated carbocycles. The van der Waals surface area contributed by atoms with E-state index >= 15 is 0 Å². The molecule has 17 heavy (non-hydrogen) atoms. The molecule has 0 spiro atoms. The van der Waals surface area contributed by atoms with E-state index in [1.807, 2.05) is 19.2 Å². The summed E-state index contributed by atoms with van der Waals surface area (Å²) in [6.45, 7) is 4.14. The number of hydrogen-bond acceptors (Lipinski definition) is 4. The molecular formula is C13H20N4. The highest BCUT2D eigenvalue weighted by Crippen LogP contribution is 2.36. The fraction of sp³-hybridized carbons (Fsp3) is 0.692. The molecule has 2 fully saturated rings. The largest absolute Gasteiger partial charge is 0.340 e. The summed E-state index contributed by atoms with van der Waals surface area (Å²) in [5, 5.41) is 0. The number of aryl methyl sites for hydroxylation is 1. The quantitative estimate of drug-likeness (QED) is 0.794. The maximum Gasteiger partial charge on any atom is 0.225 e. The maximum absolute atomic E-state index is 6.22. The molecule has 0 bridgehead atoms. The van der Waals surface area contributed by atoms with E-state index < -0.39 is 0 Å². The molecule has 2 N–H and O–H groups in total. The predicted octanol–water partition coefficient (Wildman–Crippen LogP) is 1.35.